The lowest BCUT2D eigenvalue weighted by Gasteiger charge is -2.15. The summed E-state index contributed by atoms with van der Waals surface area (Å²) in [5, 5.41) is 20.3. The Bertz CT molecular complexity index is 783. The minimum absolute atomic E-state index is 0.128. The van der Waals surface area contributed by atoms with Crippen LogP contribution in [-0.4, -0.2) is 26.4 Å². The van der Waals surface area contributed by atoms with Gasteiger partial charge in [-0.1, -0.05) is 35.9 Å². The quantitative estimate of drug-likeness (QED) is 0.728. The molecule has 0 aliphatic heterocycles. The van der Waals surface area contributed by atoms with Crippen LogP contribution in [0.2, 0.25) is 5.02 Å². The molecule has 0 radical (unpaired) electrons. The van der Waals surface area contributed by atoms with Crippen molar-refractivity contribution < 1.29 is 10.2 Å². The molecule has 4 nitrogen and oxygen atoms in total. The Balaban J connectivity index is 1.92. The molecule has 5 heteroatoms. The van der Waals surface area contributed by atoms with Crippen molar-refractivity contribution >= 4 is 22.6 Å². The number of aromatic nitrogens is 2. The molecule has 0 aliphatic carbocycles. The average molecular weight is 331 g/mol. The summed E-state index contributed by atoms with van der Waals surface area (Å²) in [5.41, 5.74) is 2.72. The molecule has 0 aliphatic rings. The Kier molecular flexibility index (Phi) is 4.96. The summed E-state index contributed by atoms with van der Waals surface area (Å²) in [6, 6.07) is 15.1. The number of para-hydroxylation sites is 2. The predicted octanol–water partition coefficient (Wildman–Crippen LogP) is 3.35. The van der Waals surface area contributed by atoms with Crippen molar-refractivity contribution in [3.05, 3.63) is 64.9 Å². The molecule has 0 fully saturated rings. The van der Waals surface area contributed by atoms with Gasteiger partial charge in [-0.2, -0.15) is 0 Å². The molecule has 0 bridgehead atoms. The normalized spacial score (nSPS) is 12.7. The van der Waals surface area contributed by atoms with E-state index in [1.54, 1.807) is 12.1 Å². The Labute approximate surface area is 140 Å². The highest BCUT2D eigenvalue weighted by Gasteiger charge is 2.15. The van der Waals surface area contributed by atoms with Crippen LogP contribution < -0.4 is 0 Å². The van der Waals surface area contributed by atoms with Crippen LogP contribution >= 0.6 is 11.6 Å². The van der Waals surface area contributed by atoms with Gasteiger partial charge in [-0.05, 0) is 36.2 Å². The molecule has 1 atom stereocenters. The fourth-order valence-electron chi connectivity index (χ4n) is 2.72. The van der Waals surface area contributed by atoms with E-state index < -0.39 is 6.10 Å². The summed E-state index contributed by atoms with van der Waals surface area (Å²) >= 11 is 5.90. The van der Waals surface area contributed by atoms with E-state index in [0.29, 0.717) is 24.4 Å². The standard InChI is InChI=1S/C18H19ClN2O2/c19-14-9-7-13(8-10-14)17(23)12-21-16-5-2-1-4-15(16)20-18(21)6-3-11-22/h1-2,4-5,7-10,17,22-23H,3,6,11-12H2. The van der Waals surface area contributed by atoms with E-state index in [2.05, 4.69) is 4.98 Å². The molecule has 3 rings (SSSR count). The number of rotatable bonds is 6. The van der Waals surface area contributed by atoms with E-state index >= 15 is 0 Å². The lowest BCUT2D eigenvalue weighted by Crippen LogP contribution is -2.12. The molecule has 0 amide bonds. The molecule has 3 aromatic rings. The van der Waals surface area contributed by atoms with Crippen molar-refractivity contribution in [3.63, 3.8) is 0 Å². The minimum Gasteiger partial charge on any atom is -0.396 e. The molecular weight excluding hydrogens is 312 g/mol. The molecule has 0 saturated carbocycles. The van der Waals surface area contributed by atoms with E-state index in [4.69, 9.17) is 16.7 Å². The van der Waals surface area contributed by atoms with E-state index in [1.165, 1.54) is 0 Å². The monoisotopic (exact) mass is 330 g/mol. The van der Waals surface area contributed by atoms with Gasteiger partial charge < -0.3 is 14.8 Å². The van der Waals surface area contributed by atoms with Gasteiger partial charge in [0.25, 0.3) is 0 Å². The van der Waals surface area contributed by atoms with Crippen LogP contribution in [0.15, 0.2) is 48.5 Å². The molecular formula is C18H19ClN2O2. The smallest absolute Gasteiger partial charge is 0.110 e. The first-order chi connectivity index (χ1) is 11.2. The van der Waals surface area contributed by atoms with Crippen LogP contribution in [0.25, 0.3) is 11.0 Å². The molecule has 1 heterocycles. The van der Waals surface area contributed by atoms with Crippen molar-refractivity contribution in [2.45, 2.75) is 25.5 Å². The number of aryl methyl sites for hydroxylation is 1. The zero-order chi connectivity index (χ0) is 16.2. The Hall–Kier alpha value is -1.88. The molecule has 1 unspecified atom stereocenters. The first-order valence-corrected chi connectivity index (χ1v) is 8.05. The summed E-state index contributed by atoms with van der Waals surface area (Å²) in [4.78, 5) is 4.63. The summed E-state index contributed by atoms with van der Waals surface area (Å²) < 4.78 is 2.03. The molecule has 120 valence electrons. The number of hydrogen-bond donors (Lipinski definition) is 2. The van der Waals surface area contributed by atoms with Gasteiger partial charge in [0.2, 0.25) is 0 Å². The number of aliphatic hydroxyl groups excluding tert-OH is 2. The van der Waals surface area contributed by atoms with E-state index in [9.17, 15) is 5.11 Å². The van der Waals surface area contributed by atoms with Crippen LogP contribution in [0, 0.1) is 0 Å². The van der Waals surface area contributed by atoms with Crippen LogP contribution in [0.5, 0.6) is 0 Å². The summed E-state index contributed by atoms with van der Waals surface area (Å²) in [6.07, 6.45) is 0.691. The third-order valence-corrected chi connectivity index (χ3v) is 4.15. The van der Waals surface area contributed by atoms with Gasteiger partial charge in [0.05, 0.1) is 23.7 Å². The lowest BCUT2D eigenvalue weighted by atomic mass is 10.1. The van der Waals surface area contributed by atoms with Crippen molar-refractivity contribution in [1.29, 1.82) is 0 Å². The maximum atomic E-state index is 10.6. The minimum atomic E-state index is -0.641. The second-order valence-electron chi connectivity index (χ2n) is 5.52. The van der Waals surface area contributed by atoms with Gasteiger partial charge in [0, 0.05) is 18.1 Å². The zero-order valence-corrected chi connectivity index (χ0v) is 13.4. The maximum absolute atomic E-state index is 10.6. The number of aliphatic hydroxyl groups is 2. The average Bonchev–Trinajstić information content (AvgIpc) is 2.91. The summed E-state index contributed by atoms with van der Waals surface area (Å²) in [7, 11) is 0. The van der Waals surface area contributed by atoms with Crippen LogP contribution in [0.4, 0.5) is 0 Å². The first kappa shape index (κ1) is 16.0. The highest BCUT2D eigenvalue weighted by atomic mass is 35.5. The number of halogens is 1. The lowest BCUT2D eigenvalue weighted by molar-refractivity contribution is 0.156. The topological polar surface area (TPSA) is 58.3 Å². The fraction of sp³-hybridized carbons (Fsp3) is 0.278. The van der Waals surface area contributed by atoms with Crippen LogP contribution in [-0.2, 0) is 13.0 Å². The number of fused-ring (bicyclic) bond motifs is 1. The van der Waals surface area contributed by atoms with Crippen LogP contribution in [0.3, 0.4) is 0 Å². The highest BCUT2D eigenvalue weighted by molar-refractivity contribution is 6.30. The third kappa shape index (κ3) is 3.55. The second kappa shape index (κ2) is 7.13. The van der Waals surface area contributed by atoms with Gasteiger partial charge in [-0.15, -0.1) is 0 Å². The number of imidazole rings is 1. The number of nitrogens with zero attached hydrogens (tertiary/aromatic N) is 2. The molecule has 0 saturated heterocycles. The SMILES string of the molecule is OCCCc1nc2ccccc2n1CC(O)c1ccc(Cl)cc1. The number of hydrogen-bond acceptors (Lipinski definition) is 3. The Morgan fingerprint density at radius 3 is 2.57 bits per heavy atom. The number of benzene rings is 2. The third-order valence-electron chi connectivity index (χ3n) is 3.90. The predicted molar refractivity (Wildman–Crippen MR) is 91.6 cm³/mol. The summed E-state index contributed by atoms with van der Waals surface area (Å²) in [6.45, 7) is 0.547. The zero-order valence-electron chi connectivity index (χ0n) is 12.7. The van der Waals surface area contributed by atoms with Gasteiger partial charge in [-0.3, -0.25) is 0 Å². The van der Waals surface area contributed by atoms with E-state index in [-0.39, 0.29) is 6.61 Å². The molecule has 0 spiro atoms. The maximum Gasteiger partial charge on any atom is 0.110 e. The molecule has 23 heavy (non-hydrogen) atoms. The molecule has 1 aromatic heterocycles. The van der Waals surface area contributed by atoms with Crippen molar-refractivity contribution in [3.8, 4) is 0 Å². The summed E-state index contributed by atoms with van der Waals surface area (Å²) in [5.74, 6) is 0.883. The van der Waals surface area contributed by atoms with Crippen molar-refractivity contribution in [2.75, 3.05) is 6.61 Å². The van der Waals surface area contributed by atoms with Gasteiger partial charge in [0.15, 0.2) is 0 Å². The Morgan fingerprint density at radius 2 is 1.83 bits per heavy atom. The Morgan fingerprint density at radius 1 is 1.09 bits per heavy atom. The van der Waals surface area contributed by atoms with E-state index in [1.807, 2.05) is 41.0 Å². The largest absolute Gasteiger partial charge is 0.396 e. The second-order valence-corrected chi connectivity index (χ2v) is 5.96. The fourth-order valence-corrected chi connectivity index (χ4v) is 2.85. The van der Waals surface area contributed by atoms with Gasteiger partial charge in [0.1, 0.15) is 5.82 Å². The van der Waals surface area contributed by atoms with Crippen molar-refractivity contribution in [1.82, 2.24) is 9.55 Å². The van der Waals surface area contributed by atoms with E-state index in [0.717, 1.165) is 22.4 Å². The van der Waals surface area contributed by atoms with Crippen molar-refractivity contribution in [2.24, 2.45) is 0 Å². The van der Waals surface area contributed by atoms with Gasteiger partial charge >= 0.3 is 0 Å². The van der Waals surface area contributed by atoms with Crippen LogP contribution in [0.1, 0.15) is 23.9 Å². The highest BCUT2D eigenvalue weighted by Crippen LogP contribution is 2.23. The molecule has 2 N–H and O–H groups in total. The molecule has 2 aromatic carbocycles. The van der Waals surface area contributed by atoms with Gasteiger partial charge in [-0.25, -0.2) is 4.98 Å². The first-order valence-electron chi connectivity index (χ1n) is 7.67.